The number of sulfonamides is 1. The summed E-state index contributed by atoms with van der Waals surface area (Å²) in [5.41, 5.74) is 2.88. The number of esters is 1. The van der Waals surface area contributed by atoms with Crippen molar-refractivity contribution in [2.75, 3.05) is 19.7 Å². The number of fused-ring (bicyclic) bond motifs is 1. The van der Waals surface area contributed by atoms with Crippen molar-refractivity contribution in [1.29, 1.82) is 0 Å². The number of carbonyl (C=O) groups excluding carboxylic acids is 1. The van der Waals surface area contributed by atoms with E-state index in [4.69, 9.17) is 14.2 Å². The third-order valence-corrected chi connectivity index (χ3v) is 8.11. The van der Waals surface area contributed by atoms with Crippen molar-refractivity contribution >= 4 is 16.0 Å². The fraction of sp³-hybridized carbons (Fsp3) is 0.480. The maximum absolute atomic E-state index is 12.9. The number of ether oxygens (including phenoxy) is 3. The molecule has 2 heterocycles. The molecule has 0 radical (unpaired) electrons. The quantitative estimate of drug-likeness (QED) is 0.568. The van der Waals surface area contributed by atoms with Crippen LogP contribution < -0.4 is 9.47 Å². The second kappa shape index (κ2) is 9.73. The van der Waals surface area contributed by atoms with E-state index in [9.17, 15) is 13.2 Å². The molecule has 178 valence electrons. The lowest BCUT2D eigenvalue weighted by molar-refractivity contribution is -0.151. The molecule has 1 saturated heterocycles. The molecule has 0 aliphatic carbocycles. The molecule has 2 aliphatic rings. The van der Waals surface area contributed by atoms with Gasteiger partial charge in [0.25, 0.3) is 0 Å². The monoisotopic (exact) mass is 473 g/mol. The molecule has 1 atom stereocenters. The summed E-state index contributed by atoms with van der Waals surface area (Å²) in [5, 5.41) is 0. The van der Waals surface area contributed by atoms with E-state index in [-0.39, 0.29) is 29.5 Å². The Labute approximate surface area is 195 Å². The van der Waals surface area contributed by atoms with Crippen molar-refractivity contribution in [2.24, 2.45) is 5.92 Å². The maximum Gasteiger partial charge on any atom is 0.309 e. The SMILES string of the molecule is CCOc1cc2c(cc1COC(=O)C1CCN(S(=O)(=O)c3ccc(C)cc3)CC1)OC(C)C2. The summed E-state index contributed by atoms with van der Waals surface area (Å²) in [6, 6.07) is 10.7. The Kier molecular flexibility index (Phi) is 6.95. The van der Waals surface area contributed by atoms with E-state index < -0.39 is 10.0 Å². The smallest absolute Gasteiger partial charge is 0.309 e. The molecule has 7 nitrogen and oxygen atoms in total. The zero-order valence-electron chi connectivity index (χ0n) is 19.4. The lowest BCUT2D eigenvalue weighted by Gasteiger charge is -2.30. The summed E-state index contributed by atoms with van der Waals surface area (Å²) in [6.45, 7) is 7.06. The molecule has 0 bridgehead atoms. The molecule has 1 fully saturated rings. The van der Waals surface area contributed by atoms with Gasteiger partial charge in [-0.05, 0) is 57.9 Å². The van der Waals surface area contributed by atoms with Gasteiger partial charge in [0, 0.05) is 30.6 Å². The van der Waals surface area contributed by atoms with Crippen molar-refractivity contribution in [3.8, 4) is 11.5 Å². The first-order valence-corrected chi connectivity index (χ1v) is 12.9. The van der Waals surface area contributed by atoms with Crippen LogP contribution in [0.5, 0.6) is 11.5 Å². The van der Waals surface area contributed by atoms with Crippen LogP contribution in [-0.4, -0.2) is 44.5 Å². The van der Waals surface area contributed by atoms with Gasteiger partial charge < -0.3 is 14.2 Å². The number of hydrogen-bond donors (Lipinski definition) is 0. The molecule has 0 aromatic heterocycles. The molecule has 2 aliphatic heterocycles. The van der Waals surface area contributed by atoms with Gasteiger partial charge in [-0.15, -0.1) is 0 Å². The van der Waals surface area contributed by atoms with Crippen LogP contribution in [0.4, 0.5) is 0 Å². The fourth-order valence-electron chi connectivity index (χ4n) is 4.34. The Morgan fingerprint density at radius 1 is 1.15 bits per heavy atom. The largest absolute Gasteiger partial charge is 0.493 e. The Morgan fingerprint density at radius 2 is 1.85 bits per heavy atom. The predicted octanol–water partition coefficient (Wildman–Crippen LogP) is 3.86. The molecule has 2 aromatic rings. The van der Waals surface area contributed by atoms with Crippen molar-refractivity contribution in [3.63, 3.8) is 0 Å². The molecule has 0 saturated carbocycles. The van der Waals surface area contributed by atoms with Crippen molar-refractivity contribution in [2.45, 2.75) is 57.6 Å². The number of hydrogen-bond acceptors (Lipinski definition) is 6. The standard InChI is InChI=1S/C25H31NO6S/c1-4-30-23-14-20-13-18(3)32-24(20)15-21(23)16-31-25(27)19-9-11-26(12-10-19)33(28,29)22-7-5-17(2)6-8-22/h5-8,14-15,18-19H,4,9-13,16H2,1-3H3. The normalized spacial score (nSPS) is 19.1. The first kappa shape index (κ1) is 23.6. The molecular formula is C25H31NO6S. The molecule has 8 heteroatoms. The van der Waals surface area contributed by atoms with Crippen molar-refractivity contribution in [3.05, 3.63) is 53.1 Å². The number of aryl methyl sites for hydroxylation is 1. The minimum absolute atomic E-state index is 0.0983. The Balaban J connectivity index is 1.35. The first-order valence-electron chi connectivity index (χ1n) is 11.5. The zero-order chi connectivity index (χ0) is 23.6. The van der Waals surface area contributed by atoms with Crippen LogP contribution in [-0.2, 0) is 32.6 Å². The van der Waals surface area contributed by atoms with Gasteiger partial charge in [-0.1, -0.05) is 17.7 Å². The van der Waals surface area contributed by atoms with E-state index in [1.807, 2.05) is 32.9 Å². The van der Waals surface area contributed by atoms with Crippen LogP contribution in [0.1, 0.15) is 43.4 Å². The second-order valence-corrected chi connectivity index (χ2v) is 10.7. The topological polar surface area (TPSA) is 82.1 Å². The van der Waals surface area contributed by atoms with E-state index in [0.29, 0.717) is 38.3 Å². The summed E-state index contributed by atoms with van der Waals surface area (Å²) in [7, 11) is -3.55. The first-order chi connectivity index (χ1) is 15.8. The van der Waals surface area contributed by atoms with Gasteiger partial charge in [0.1, 0.15) is 24.2 Å². The van der Waals surface area contributed by atoms with Crippen LogP contribution in [0.2, 0.25) is 0 Å². The van der Waals surface area contributed by atoms with E-state index in [2.05, 4.69) is 0 Å². The maximum atomic E-state index is 12.9. The van der Waals surface area contributed by atoms with Crippen molar-refractivity contribution < 1.29 is 27.4 Å². The minimum Gasteiger partial charge on any atom is -0.493 e. The molecule has 1 unspecified atom stereocenters. The number of piperidine rings is 1. The minimum atomic E-state index is -3.55. The van der Waals surface area contributed by atoms with Gasteiger partial charge in [-0.2, -0.15) is 4.31 Å². The van der Waals surface area contributed by atoms with Crippen molar-refractivity contribution in [1.82, 2.24) is 4.31 Å². The second-order valence-electron chi connectivity index (χ2n) is 8.73. The van der Waals surface area contributed by atoms with Crippen LogP contribution in [0.15, 0.2) is 41.3 Å². The van der Waals surface area contributed by atoms with Crippen LogP contribution in [0.25, 0.3) is 0 Å². The molecule has 0 N–H and O–H groups in total. The van der Waals surface area contributed by atoms with Gasteiger partial charge in [0.05, 0.1) is 17.4 Å². The Hall–Kier alpha value is -2.58. The zero-order valence-corrected chi connectivity index (χ0v) is 20.2. The molecule has 2 aromatic carbocycles. The van der Waals surface area contributed by atoms with Crippen LogP contribution >= 0.6 is 0 Å². The van der Waals surface area contributed by atoms with Gasteiger partial charge in [0.15, 0.2) is 0 Å². The highest BCUT2D eigenvalue weighted by Crippen LogP contribution is 2.36. The summed E-state index contributed by atoms with van der Waals surface area (Å²) in [4.78, 5) is 13.0. The van der Waals surface area contributed by atoms with Gasteiger partial charge in [0.2, 0.25) is 10.0 Å². The molecule has 0 amide bonds. The molecular weight excluding hydrogens is 442 g/mol. The lowest BCUT2D eigenvalue weighted by atomic mass is 9.98. The number of rotatable bonds is 7. The van der Waals surface area contributed by atoms with E-state index in [1.165, 1.54) is 4.31 Å². The molecule has 0 spiro atoms. The van der Waals surface area contributed by atoms with Gasteiger partial charge in [-0.3, -0.25) is 4.79 Å². The Morgan fingerprint density at radius 3 is 2.52 bits per heavy atom. The number of nitrogens with zero attached hydrogens (tertiary/aromatic N) is 1. The predicted molar refractivity (Wildman–Crippen MR) is 124 cm³/mol. The summed E-state index contributed by atoms with van der Waals surface area (Å²) in [6.07, 6.45) is 1.83. The van der Waals surface area contributed by atoms with Gasteiger partial charge in [-0.25, -0.2) is 8.42 Å². The van der Waals surface area contributed by atoms with E-state index >= 15 is 0 Å². The molecule has 33 heavy (non-hydrogen) atoms. The summed E-state index contributed by atoms with van der Waals surface area (Å²) in [5.74, 6) is 0.891. The van der Waals surface area contributed by atoms with Gasteiger partial charge >= 0.3 is 5.97 Å². The summed E-state index contributed by atoms with van der Waals surface area (Å²) < 4.78 is 44.4. The summed E-state index contributed by atoms with van der Waals surface area (Å²) >= 11 is 0. The third kappa shape index (κ3) is 5.17. The molecule has 4 rings (SSSR count). The van der Waals surface area contributed by atoms with E-state index in [1.54, 1.807) is 24.3 Å². The average molecular weight is 474 g/mol. The highest BCUT2D eigenvalue weighted by atomic mass is 32.2. The highest BCUT2D eigenvalue weighted by molar-refractivity contribution is 7.89. The number of carbonyl (C=O) groups is 1. The Bertz CT molecular complexity index is 1100. The fourth-order valence-corrected chi connectivity index (χ4v) is 5.81. The average Bonchev–Trinajstić information content (AvgIpc) is 3.16. The van der Waals surface area contributed by atoms with E-state index in [0.717, 1.165) is 28.9 Å². The lowest BCUT2D eigenvalue weighted by Crippen LogP contribution is -2.40. The highest BCUT2D eigenvalue weighted by Gasteiger charge is 2.33. The number of benzene rings is 2. The van der Waals surface area contributed by atoms with Crippen LogP contribution in [0, 0.1) is 12.8 Å². The van der Waals surface area contributed by atoms with Crippen LogP contribution in [0.3, 0.4) is 0 Å². The third-order valence-electron chi connectivity index (χ3n) is 6.19.